The Morgan fingerprint density at radius 3 is 2.38 bits per heavy atom. The number of hydrogen-bond acceptors (Lipinski definition) is 2. The highest BCUT2D eigenvalue weighted by Gasteiger charge is 2.04. The molecule has 4 nitrogen and oxygen atoms in total. The Kier molecular flexibility index (Phi) is 4.17. The standard InChI is InChI=1S/C12H18N2O2/c1-9(2)16-11-6-4-10(5-7-11)8-14(3)12(13)15/h4-7,9H,8H2,1-3H3,(H2,13,15). The third kappa shape index (κ3) is 3.81. The fraction of sp³-hybridized carbons (Fsp3) is 0.417. The molecule has 4 heteroatoms. The first-order valence-corrected chi connectivity index (χ1v) is 5.25. The highest BCUT2D eigenvalue weighted by Crippen LogP contribution is 2.14. The summed E-state index contributed by atoms with van der Waals surface area (Å²) in [6.45, 7) is 4.47. The van der Waals surface area contributed by atoms with Gasteiger partial charge in [-0.2, -0.15) is 0 Å². The summed E-state index contributed by atoms with van der Waals surface area (Å²) in [6.07, 6.45) is 0.166. The van der Waals surface area contributed by atoms with Crippen LogP contribution in [0.3, 0.4) is 0 Å². The van der Waals surface area contributed by atoms with Crippen LogP contribution in [0.2, 0.25) is 0 Å². The minimum atomic E-state index is -0.428. The van der Waals surface area contributed by atoms with Crippen LogP contribution in [0, 0.1) is 0 Å². The van der Waals surface area contributed by atoms with E-state index < -0.39 is 6.03 Å². The first-order valence-electron chi connectivity index (χ1n) is 5.25. The van der Waals surface area contributed by atoms with Crippen LogP contribution in [0.5, 0.6) is 5.75 Å². The monoisotopic (exact) mass is 222 g/mol. The summed E-state index contributed by atoms with van der Waals surface area (Å²) in [4.78, 5) is 12.3. The lowest BCUT2D eigenvalue weighted by Crippen LogP contribution is -2.31. The van der Waals surface area contributed by atoms with E-state index in [1.807, 2.05) is 38.1 Å². The molecule has 0 bridgehead atoms. The Hall–Kier alpha value is -1.71. The highest BCUT2D eigenvalue weighted by atomic mass is 16.5. The summed E-state index contributed by atoms with van der Waals surface area (Å²) >= 11 is 0. The Morgan fingerprint density at radius 1 is 1.38 bits per heavy atom. The molecule has 0 aromatic heterocycles. The Balaban J connectivity index is 2.61. The van der Waals surface area contributed by atoms with Gasteiger partial charge in [0.15, 0.2) is 0 Å². The lowest BCUT2D eigenvalue weighted by molar-refractivity contribution is 0.216. The van der Waals surface area contributed by atoms with Crippen molar-refractivity contribution in [3.63, 3.8) is 0 Å². The number of carbonyl (C=O) groups is 1. The van der Waals surface area contributed by atoms with Crippen molar-refractivity contribution in [3.05, 3.63) is 29.8 Å². The molecule has 0 aliphatic heterocycles. The predicted molar refractivity (Wildman–Crippen MR) is 63.3 cm³/mol. The summed E-state index contributed by atoms with van der Waals surface area (Å²) in [5.74, 6) is 0.834. The topological polar surface area (TPSA) is 55.6 Å². The zero-order valence-electron chi connectivity index (χ0n) is 9.93. The molecule has 0 aliphatic carbocycles. The van der Waals surface area contributed by atoms with Crippen molar-refractivity contribution in [2.24, 2.45) is 5.73 Å². The van der Waals surface area contributed by atoms with Crippen molar-refractivity contribution in [1.82, 2.24) is 4.90 Å². The summed E-state index contributed by atoms with van der Waals surface area (Å²) in [5.41, 5.74) is 6.17. The molecule has 1 aromatic rings. The first-order chi connectivity index (χ1) is 7.49. The van der Waals surface area contributed by atoms with E-state index in [0.29, 0.717) is 6.54 Å². The molecular weight excluding hydrogens is 204 g/mol. The van der Waals surface area contributed by atoms with Gasteiger partial charge in [0.05, 0.1) is 6.10 Å². The maximum atomic E-state index is 10.8. The molecule has 2 amide bonds. The molecule has 0 saturated heterocycles. The van der Waals surface area contributed by atoms with Gasteiger partial charge in [-0.1, -0.05) is 12.1 Å². The SMILES string of the molecule is CC(C)Oc1ccc(CN(C)C(N)=O)cc1. The molecule has 0 saturated carbocycles. The van der Waals surface area contributed by atoms with Gasteiger partial charge in [-0.25, -0.2) is 4.79 Å². The van der Waals surface area contributed by atoms with Gasteiger partial charge in [-0.3, -0.25) is 0 Å². The molecule has 0 aliphatic rings. The average Bonchev–Trinajstić information content (AvgIpc) is 2.20. The van der Waals surface area contributed by atoms with E-state index in [-0.39, 0.29) is 6.10 Å². The largest absolute Gasteiger partial charge is 0.491 e. The van der Waals surface area contributed by atoms with Crippen molar-refractivity contribution in [2.45, 2.75) is 26.5 Å². The fourth-order valence-electron chi connectivity index (χ4n) is 1.30. The number of amides is 2. The van der Waals surface area contributed by atoms with Crippen LogP contribution < -0.4 is 10.5 Å². The van der Waals surface area contributed by atoms with Gasteiger partial charge in [-0.15, -0.1) is 0 Å². The van der Waals surface area contributed by atoms with Gasteiger partial charge in [0, 0.05) is 13.6 Å². The fourth-order valence-corrected chi connectivity index (χ4v) is 1.30. The number of hydrogen-bond donors (Lipinski definition) is 1. The molecular formula is C12H18N2O2. The molecule has 1 rings (SSSR count). The Bertz CT molecular complexity index is 347. The number of ether oxygens (including phenoxy) is 1. The number of carbonyl (C=O) groups excluding carboxylic acids is 1. The zero-order chi connectivity index (χ0) is 12.1. The van der Waals surface area contributed by atoms with Crippen LogP contribution in [0.4, 0.5) is 4.79 Å². The number of nitrogens with zero attached hydrogens (tertiary/aromatic N) is 1. The number of nitrogens with two attached hydrogens (primary N) is 1. The molecule has 2 N–H and O–H groups in total. The number of primary amides is 1. The average molecular weight is 222 g/mol. The quantitative estimate of drug-likeness (QED) is 0.847. The molecule has 0 unspecified atom stereocenters. The predicted octanol–water partition coefficient (Wildman–Crippen LogP) is 1.98. The van der Waals surface area contributed by atoms with E-state index in [1.165, 1.54) is 4.90 Å². The van der Waals surface area contributed by atoms with E-state index in [1.54, 1.807) is 7.05 Å². The molecule has 1 aromatic carbocycles. The second-order valence-electron chi connectivity index (χ2n) is 4.00. The van der Waals surface area contributed by atoms with Gasteiger partial charge >= 0.3 is 6.03 Å². The number of benzene rings is 1. The van der Waals surface area contributed by atoms with Crippen molar-refractivity contribution in [1.29, 1.82) is 0 Å². The number of rotatable bonds is 4. The zero-order valence-corrected chi connectivity index (χ0v) is 9.93. The molecule has 0 atom stereocenters. The van der Waals surface area contributed by atoms with Crippen LogP contribution in [0.1, 0.15) is 19.4 Å². The molecule has 0 spiro atoms. The van der Waals surface area contributed by atoms with E-state index in [0.717, 1.165) is 11.3 Å². The second-order valence-corrected chi connectivity index (χ2v) is 4.00. The Labute approximate surface area is 96.0 Å². The second kappa shape index (κ2) is 5.39. The van der Waals surface area contributed by atoms with E-state index in [4.69, 9.17) is 10.5 Å². The summed E-state index contributed by atoms with van der Waals surface area (Å²) in [6, 6.07) is 7.21. The first kappa shape index (κ1) is 12.4. The molecule has 16 heavy (non-hydrogen) atoms. The normalized spacial score (nSPS) is 10.2. The third-order valence-corrected chi connectivity index (χ3v) is 2.09. The van der Waals surface area contributed by atoms with Crippen molar-refractivity contribution < 1.29 is 9.53 Å². The van der Waals surface area contributed by atoms with E-state index in [9.17, 15) is 4.79 Å². The Morgan fingerprint density at radius 2 is 1.94 bits per heavy atom. The minimum absolute atomic E-state index is 0.166. The molecule has 0 heterocycles. The maximum Gasteiger partial charge on any atom is 0.314 e. The summed E-state index contributed by atoms with van der Waals surface area (Å²) in [7, 11) is 1.67. The van der Waals surface area contributed by atoms with Crippen LogP contribution >= 0.6 is 0 Å². The lowest BCUT2D eigenvalue weighted by Gasteiger charge is -2.15. The van der Waals surface area contributed by atoms with Crippen molar-refractivity contribution in [2.75, 3.05) is 7.05 Å². The summed E-state index contributed by atoms with van der Waals surface area (Å²) < 4.78 is 5.52. The van der Waals surface area contributed by atoms with Crippen molar-refractivity contribution >= 4 is 6.03 Å². The van der Waals surface area contributed by atoms with Gasteiger partial charge in [0.1, 0.15) is 5.75 Å². The van der Waals surface area contributed by atoms with Crippen molar-refractivity contribution in [3.8, 4) is 5.75 Å². The lowest BCUT2D eigenvalue weighted by atomic mass is 10.2. The highest BCUT2D eigenvalue weighted by molar-refractivity contribution is 5.71. The van der Waals surface area contributed by atoms with Gasteiger partial charge in [0.2, 0.25) is 0 Å². The van der Waals surface area contributed by atoms with Crippen LogP contribution in [0.15, 0.2) is 24.3 Å². The molecule has 0 radical (unpaired) electrons. The van der Waals surface area contributed by atoms with Gasteiger partial charge in [0.25, 0.3) is 0 Å². The number of urea groups is 1. The summed E-state index contributed by atoms with van der Waals surface area (Å²) in [5, 5.41) is 0. The van der Waals surface area contributed by atoms with Crippen LogP contribution in [-0.4, -0.2) is 24.1 Å². The van der Waals surface area contributed by atoms with Crippen LogP contribution in [0.25, 0.3) is 0 Å². The maximum absolute atomic E-state index is 10.8. The minimum Gasteiger partial charge on any atom is -0.491 e. The molecule has 88 valence electrons. The third-order valence-electron chi connectivity index (χ3n) is 2.09. The van der Waals surface area contributed by atoms with Gasteiger partial charge < -0.3 is 15.4 Å². The van der Waals surface area contributed by atoms with Crippen LogP contribution in [-0.2, 0) is 6.54 Å². The van der Waals surface area contributed by atoms with E-state index in [2.05, 4.69) is 0 Å². The van der Waals surface area contributed by atoms with Gasteiger partial charge in [-0.05, 0) is 31.5 Å². The smallest absolute Gasteiger partial charge is 0.314 e. The van der Waals surface area contributed by atoms with E-state index >= 15 is 0 Å². The molecule has 0 fully saturated rings.